The van der Waals surface area contributed by atoms with E-state index in [0.29, 0.717) is 0 Å². The standard InChI is InChI=1S/C19H21N/c1-20-13-6-11-19(12-14-20)17-9-4-2-7-15(17)16-8-3-5-10-18(16)19/h2-5,7-10H,6,11-14H2,1H3. The van der Waals surface area contributed by atoms with E-state index in [4.69, 9.17) is 0 Å². The molecule has 0 N–H and O–H groups in total. The smallest absolute Gasteiger partial charge is 0.0227 e. The molecular formula is C19H21N. The van der Waals surface area contributed by atoms with Gasteiger partial charge in [0.1, 0.15) is 0 Å². The third-order valence-corrected chi connectivity index (χ3v) is 5.24. The van der Waals surface area contributed by atoms with E-state index in [0.717, 1.165) is 0 Å². The number of benzene rings is 2. The second-order valence-corrected chi connectivity index (χ2v) is 6.33. The highest BCUT2D eigenvalue weighted by atomic mass is 15.1. The molecular weight excluding hydrogens is 242 g/mol. The van der Waals surface area contributed by atoms with E-state index in [2.05, 4.69) is 60.5 Å². The minimum absolute atomic E-state index is 0.262. The number of fused-ring (bicyclic) bond motifs is 5. The molecule has 0 saturated carbocycles. The lowest BCUT2D eigenvalue weighted by atomic mass is 9.72. The van der Waals surface area contributed by atoms with Crippen molar-refractivity contribution in [2.75, 3.05) is 20.1 Å². The molecule has 0 radical (unpaired) electrons. The van der Waals surface area contributed by atoms with Crippen LogP contribution in [-0.2, 0) is 5.41 Å². The molecule has 2 aromatic carbocycles. The van der Waals surface area contributed by atoms with Gasteiger partial charge in [0, 0.05) is 5.41 Å². The number of hydrogen-bond donors (Lipinski definition) is 0. The summed E-state index contributed by atoms with van der Waals surface area (Å²) in [5.74, 6) is 0. The summed E-state index contributed by atoms with van der Waals surface area (Å²) in [4.78, 5) is 2.48. The topological polar surface area (TPSA) is 3.24 Å². The lowest BCUT2D eigenvalue weighted by molar-refractivity contribution is 0.341. The monoisotopic (exact) mass is 263 g/mol. The van der Waals surface area contributed by atoms with E-state index >= 15 is 0 Å². The first-order chi connectivity index (χ1) is 9.81. The van der Waals surface area contributed by atoms with E-state index in [1.807, 2.05) is 0 Å². The molecule has 1 aliphatic heterocycles. The Morgan fingerprint density at radius 3 is 2.05 bits per heavy atom. The van der Waals surface area contributed by atoms with Crippen LogP contribution in [0.2, 0.25) is 0 Å². The minimum Gasteiger partial charge on any atom is -0.306 e. The summed E-state index contributed by atoms with van der Waals surface area (Å²) in [5, 5.41) is 0. The third-order valence-electron chi connectivity index (χ3n) is 5.24. The van der Waals surface area contributed by atoms with Crippen LogP contribution in [-0.4, -0.2) is 25.0 Å². The van der Waals surface area contributed by atoms with Gasteiger partial charge in [-0.15, -0.1) is 0 Å². The van der Waals surface area contributed by atoms with Crippen molar-refractivity contribution in [2.45, 2.75) is 24.7 Å². The quantitative estimate of drug-likeness (QED) is 0.692. The number of rotatable bonds is 0. The van der Waals surface area contributed by atoms with E-state index in [1.165, 1.54) is 43.5 Å². The van der Waals surface area contributed by atoms with Crippen molar-refractivity contribution in [3.05, 3.63) is 59.7 Å². The Morgan fingerprint density at radius 1 is 0.800 bits per heavy atom. The molecule has 1 fully saturated rings. The summed E-state index contributed by atoms with van der Waals surface area (Å²) >= 11 is 0. The molecule has 1 aliphatic carbocycles. The molecule has 20 heavy (non-hydrogen) atoms. The largest absolute Gasteiger partial charge is 0.306 e. The van der Waals surface area contributed by atoms with E-state index in [1.54, 1.807) is 11.1 Å². The molecule has 0 aromatic heterocycles. The molecule has 0 amide bonds. The second-order valence-electron chi connectivity index (χ2n) is 6.33. The van der Waals surface area contributed by atoms with Crippen LogP contribution in [0.4, 0.5) is 0 Å². The van der Waals surface area contributed by atoms with E-state index in [9.17, 15) is 0 Å². The lowest BCUT2D eigenvalue weighted by Gasteiger charge is -2.30. The first-order valence-electron chi connectivity index (χ1n) is 7.69. The maximum absolute atomic E-state index is 2.48. The molecule has 102 valence electrons. The maximum atomic E-state index is 2.48. The van der Waals surface area contributed by atoms with Crippen LogP contribution in [0.25, 0.3) is 11.1 Å². The summed E-state index contributed by atoms with van der Waals surface area (Å²) in [6.45, 7) is 2.43. The molecule has 1 spiro atoms. The van der Waals surface area contributed by atoms with Crippen LogP contribution in [0.15, 0.2) is 48.5 Å². The first kappa shape index (κ1) is 12.2. The van der Waals surface area contributed by atoms with Crippen LogP contribution in [0.3, 0.4) is 0 Å². The summed E-state index contributed by atoms with van der Waals surface area (Å²) in [6, 6.07) is 18.1. The van der Waals surface area contributed by atoms with Gasteiger partial charge in [-0.25, -0.2) is 0 Å². The van der Waals surface area contributed by atoms with Crippen LogP contribution in [0, 0.1) is 0 Å². The van der Waals surface area contributed by atoms with Gasteiger partial charge in [0.05, 0.1) is 0 Å². The van der Waals surface area contributed by atoms with Crippen molar-refractivity contribution >= 4 is 0 Å². The molecule has 2 aliphatic rings. The van der Waals surface area contributed by atoms with Crippen LogP contribution >= 0.6 is 0 Å². The summed E-state index contributed by atoms with van der Waals surface area (Å²) < 4.78 is 0. The van der Waals surface area contributed by atoms with Crippen LogP contribution < -0.4 is 0 Å². The number of hydrogen-bond acceptors (Lipinski definition) is 1. The van der Waals surface area contributed by atoms with E-state index in [-0.39, 0.29) is 5.41 Å². The Kier molecular flexibility index (Phi) is 2.71. The highest BCUT2D eigenvalue weighted by Gasteiger charge is 2.42. The SMILES string of the molecule is CN1CCCC2(CC1)c1ccccc1-c1ccccc12. The van der Waals surface area contributed by atoms with Crippen molar-refractivity contribution < 1.29 is 0 Å². The predicted octanol–water partition coefficient (Wildman–Crippen LogP) is 4.07. The minimum atomic E-state index is 0.262. The van der Waals surface area contributed by atoms with Crippen molar-refractivity contribution in [2.24, 2.45) is 0 Å². The molecule has 0 unspecified atom stereocenters. The average molecular weight is 263 g/mol. The maximum Gasteiger partial charge on any atom is 0.0227 e. The van der Waals surface area contributed by atoms with Crippen LogP contribution in [0.5, 0.6) is 0 Å². The molecule has 1 nitrogen and oxygen atoms in total. The fourth-order valence-electron chi connectivity index (χ4n) is 4.22. The molecule has 1 heterocycles. The van der Waals surface area contributed by atoms with Crippen molar-refractivity contribution in [3.8, 4) is 11.1 Å². The highest BCUT2D eigenvalue weighted by molar-refractivity contribution is 5.81. The number of likely N-dealkylation sites (tertiary alicyclic amines) is 1. The fraction of sp³-hybridized carbons (Fsp3) is 0.368. The zero-order valence-electron chi connectivity index (χ0n) is 12.1. The van der Waals surface area contributed by atoms with Crippen LogP contribution in [0.1, 0.15) is 30.4 Å². The van der Waals surface area contributed by atoms with E-state index < -0.39 is 0 Å². The van der Waals surface area contributed by atoms with Crippen molar-refractivity contribution in [1.82, 2.24) is 4.90 Å². The van der Waals surface area contributed by atoms with Gasteiger partial charge >= 0.3 is 0 Å². The number of nitrogens with zero attached hydrogens (tertiary/aromatic N) is 1. The first-order valence-corrected chi connectivity index (χ1v) is 7.69. The molecule has 0 atom stereocenters. The van der Waals surface area contributed by atoms with Gasteiger partial charge in [-0.3, -0.25) is 0 Å². The van der Waals surface area contributed by atoms with Crippen molar-refractivity contribution in [3.63, 3.8) is 0 Å². The zero-order valence-corrected chi connectivity index (χ0v) is 12.1. The molecule has 2 aromatic rings. The Bertz CT molecular complexity index is 598. The van der Waals surface area contributed by atoms with Gasteiger partial charge in [-0.1, -0.05) is 48.5 Å². The second kappa shape index (κ2) is 4.46. The fourth-order valence-corrected chi connectivity index (χ4v) is 4.22. The summed E-state index contributed by atoms with van der Waals surface area (Å²) in [7, 11) is 2.26. The van der Waals surface area contributed by atoms with Gasteiger partial charge in [0.2, 0.25) is 0 Å². The van der Waals surface area contributed by atoms with Gasteiger partial charge in [0.15, 0.2) is 0 Å². The molecule has 4 rings (SSSR count). The Hall–Kier alpha value is -1.60. The predicted molar refractivity (Wildman–Crippen MR) is 84.0 cm³/mol. The third kappa shape index (κ3) is 1.59. The van der Waals surface area contributed by atoms with Gasteiger partial charge in [0.25, 0.3) is 0 Å². The van der Waals surface area contributed by atoms with Gasteiger partial charge in [-0.2, -0.15) is 0 Å². The average Bonchev–Trinajstić information content (AvgIpc) is 2.62. The lowest BCUT2D eigenvalue weighted by Crippen LogP contribution is -2.27. The molecule has 1 heteroatoms. The molecule has 1 saturated heterocycles. The van der Waals surface area contributed by atoms with Crippen molar-refractivity contribution in [1.29, 1.82) is 0 Å². The molecule has 0 bridgehead atoms. The summed E-state index contributed by atoms with van der Waals surface area (Å²) in [6.07, 6.45) is 3.82. The van der Waals surface area contributed by atoms with Gasteiger partial charge < -0.3 is 4.90 Å². The Labute approximate surface area is 121 Å². The zero-order chi connectivity index (χ0) is 13.6. The van der Waals surface area contributed by atoms with Gasteiger partial charge in [-0.05, 0) is 61.7 Å². The summed E-state index contributed by atoms with van der Waals surface area (Å²) in [5.41, 5.74) is 6.33. The normalized spacial score (nSPS) is 20.4. The Morgan fingerprint density at radius 2 is 1.40 bits per heavy atom. The highest BCUT2D eigenvalue weighted by Crippen LogP contribution is 2.53. The Balaban J connectivity index is 1.95.